The number of fused-ring (bicyclic) bond motifs is 3. The standard InChI is InChI=1S/C18H14N2O4/c21-16(10-20-17(22)7-8-18(20)23)19-11-5-6-15-13(9-11)12-3-1-2-4-14(12)24-15/h1-6,9H,7-8,10H2,(H,19,21). The highest BCUT2D eigenvalue weighted by molar-refractivity contribution is 6.08. The van der Waals surface area contributed by atoms with Crippen LogP contribution in [-0.2, 0) is 14.4 Å². The minimum Gasteiger partial charge on any atom is -0.456 e. The number of likely N-dealkylation sites (tertiary alicyclic amines) is 1. The van der Waals surface area contributed by atoms with Gasteiger partial charge in [-0.15, -0.1) is 0 Å². The molecule has 1 aromatic heterocycles. The van der Waals surface area contributed by atoms with Crippen molar-refractivity contribution in [1.29, 1.82) is 0 Å². The van der Waals surface area contributed by atoms with Crippen LogP contribution in [0.1, 0.15) is 12.8 Å². The third-order valence-corrected chi connectivity index (χ3v) is 4.12. The average molecular weight is 322 g/mol. The van der Waals surface area contributed by atoms with Gasteiger partial charge in [-0.3, -0.25) is 19.3 Å². The molecule has 6 nitrogen and oxygen atoms in total. The van der Waals surface area contributed by atoms with Gasteiger partial charge in [0.2, 0.25) is 17.7 Å². The molecule has 1 aliphatic heterocycles. The van der Waals surface area contributed by atoms with Crippen molar-refractivity contribution >= 4 is 45.3 Å². The van der Waals surface area contributed by atoms with Gasteiger partial charge in [0, 0.05) is 29.3 Å². The Morgan fingerprint density at radius 2 is 1.71 bits per heavy atom. The fourth-order valence-electron chi connectivity index (χ4n) is 2.95. The number of carbonyl (C=O) groups is 3. The molecule has 0 atom stereocenters. The predicted molar refractivity (Wildman–Crippen MR) is 88.3 cm³/mol. The Bertz CT molecular complexity index is 973. The second kappa shape index (κ2) is 5.49. The molecule has 1 aliphatic rings. The van der Waals surface area contributed by atoms with Crippen molar-refractivity contribution in [3.05, 3.63) is 42.5 Å². The molecule has 3 aromatic rings. The van der Waals surface area contributed by atoms with E-state index in [0.29, 0.717) is 5.69 Å². The zero-order valence-corrected chi connectivity index (χ0v) is 12.7. The van der Waals surface area contributed by atoms with Crippen molar-refractivity contribution in [2.75, 3.05) is 11.9 Å². The number of carbonyl (C=O) groups excluding carboxylic acids is 3. The molecule has 120 valence electrons. The first-order valence-corrected chi connectivity index (χ1v) is 7.66. The molecule has 0 spiro atoms. The van der Waals surface area contributed by atoms with Crippen LogP contribution < -0.4 is 5.32 Å². The Morgan fingerprint density at radius 1 is 1.00 bits per heavy atom. The molecule has 3 amide bonds. The van der Waals surface area contributed by atoms with E-state index < -0.39 is 5.91 Å². The fourth-order valence-corrected chi connectivity index (χ4v) is 2.95. The predicted octanol–water partition coefficient (Wildman–Crippen LogP) is 2.67. The van der Waals surface area contributed by atoms with Gasteiger partial charge in [0.1, 0.15) is 17.7 Å². The van der Waals surface area contributed by atoms with Crippen LogP contribution in [0.3, 0.4) is 0 Å². The van der Waals surface area contributed by atoms with E-state index in [2.05, 4.69) is 5.32 Å². The highest BCUT2D eigenvalue weighted by Crippen LogP contribution is 2.30. The summed E-state index contributed by atoms with van der Waals surface area (Å²) in [4.78, 5) is 36.3. The van der Waals surface area contributed by atoms with Gasteiger partial charge in [-0.1, -0.05) is 18.2 Å². The van der Waals surface area contributed by atoms with Crippen molar-refractivity contribution < 1.29 is 18.8 Å². The number of nitrogens with one attached hydrogen (secondary N) is 1. The molecule has 0 radical (unpaired) electrons. The van der Waals surface area contributed by atoms with E-state index in [0.717, 1.165) is 26.8 Å². The number of benzene rings is 2. The zero-order chi connectivity index (χ0) is 16.7. The number of hydrogen-bond acceptors (Lipinski definition) is 4. The van der Waals surface area contributed by atoms with Gasteiger partial charge in [0.25, 0.3) is 0 Å². The summed E-state index contributed by atoms with van der Waals surface area (Å²) < 4.78 is 5.74. The number of amides is 3. The molecular weight excluding hydrogens is 308 g/mol. The summed E-state index contributed by atoms with van der Waals surface area (Å²) in [6, 6.07) is 13.0. The lowest BCUT2D eigenvalue weighted by molar-refractivity contribution is -0.141. The van der Waals surface area contributed by atoms with Crippen molar-refractivity contribution in [2.45, 2.75) is 12.8 Å². The maximum atomic E-state index is 12.1. The molecule has 24 heavy (non-hydrogen) atoms. The average Bonchev–Trinajstić information content (AvgIpc) is 3.09. The summed E-state index contributed by atoms with van der Waals surface area (Å²) in [5, 5.41) is 4.60. The monoisotopic (exact) mass is 322 g/mol. The maximum Gasteiger partial charge on any atom is 0.244 e. The topological polar surface area (TPSA) is 79.6 Å². The molecular formula is C18H14N2O4. The van der Waals surface area contributed by atoms with Gasteiger partial charge in [-0.25, -0.2) is 0 Å². The minimum atomic E-state index is -0.397. The first-order chi connectivity index (χ1) is 11.6. The highest BCUT2D eigenvalue weighted by atomic mass is 16.3. The number of nitrogens with zero attached hydrogens (tertiary/aromatic N) is 1. The lowest BCUT2D eigenvalue weighted by atomic mass is 10.1. The minimum absolute atomic E-state index is 0.180. The van der Waals surface area contributed by atoms with Crippen molar-refractivity contribution in [3.63, 3.8) is 0 Å². The molecule has 0 aliphatic carbocycles. The first-order valence-electron chi connectivity index (χ1n) is 7.66. The third kappa shape index (κ3) is 2.42. The van der Waals surface area contributed by atoms with E-state index >= 15 is 0 Å². The van der Waals surface area contributed by atoms with Crippen LogP contribution in [0.5, 0.6) is 0 Å². The summed E-state index contributed by atoms with van der Waals surface area (Å²) in [6.45, 7) is -0.248. The maximum absolute atomic E-state index is 12.1. The lowest BCUT2D eigenvalue weighted by Crippen LogP contribution is -2.36. The van der Waals surface area contributed by atoms with Crippen molar-refractivity contribution in [2.24, 2.45) is 0 Å². The van der Waals surface area contributed by atoms with E-state index in [1.165, 1.54) is 0 Å². The molecule has 2 aromatic carbocycles. The number of imide groups is 1. The summed E-state index contributed by atoms with van der Waals surface area (Å²) >= 11 is 0. The smallest absolute Gasteiger partial charge is 0.244 e. The molecule has 0 saturated carbocycles. The number of para-hydroxylation sites is 1. The Kier molecular flexibility index (Phi) is 3.30. The van der Waals surface area contributed by atoms with Crippen LogP contribution in [-0.4, -0.2) is 29.2 Å². The fraction of sp³-hybridized carbons (Fsp3) is 0.167. The van der Waals surface area contributed by atoms with E-state index in [9.17, 15) is 14.4 Å². The molecule has 0 unspecified atom stereocenters. The Hall–Kier alpha value is -3.15. The largest absolute Gasteiger partial charge is 0.456 e. The van der Waals surface area contributed by atoms with Crippen LogP contribution in [0.25, 0.3) is 21.9 Å². The molecule has 2 heterocycles. The summed E-state index contributed by atoms with van der Waals surface area (Å²) in [5.74, 6) is -0.997. The van der Waals surface area contributed by atoms with Crippen molar-refractivity contribution in [3.8, 4) is 0 Å². The summed E-state index contributed by atoms with van der Waals surface area (Å²) in [5.41, 5.74) is 2.11. The highest BCUT2D eigenvalue weighted by Gasteiger charge is 2.30. The Balaban J connectivity index is 1.58. The zero-order valence-electron chi connectivity index (χ0n) is 12.7. The lowest BCUT2D eigenvalue weighted by Gasteiger charge is -2.13. The van der Waals surface area contributed by atoms with Crippen LogP contribution in [0.4, 0.5) is 5.69 Å². The van der Waals surface area contributed by atoms with Crippen LogP contribution in [0.15, 0.2) is 46.9 Å². The van der Waals surface area contributed by atoms with Gasteiger partial charge >= 0.3 is 0 Å². The van der Waals surface area contributed by atoms with Crippen LogP contribution in [0, 0.1) is 0 Å². The second-order valence-electron chi connectivity index (χ2n) is 5.73. The van der Waals surface area contributed by atoms with Gasteiger partial charge in [-0.2, -0.15) is 0 Å². The van der Waals surface area contributed by atoms with Gasteiger partial charge in [-0.05, 0) is 24.3 Å². The molecule has 1 fully saturated rings. The SMILES string of the molecule is O=C(CN1C(=O)CCC1=O)Nc1ccc2oc3ccccc3c2c1. The summed E-state index contributed by atoms with van der Waals surface area (Å²) in [7, 11) is 0. The van der Waals surface area contributed by atoms with E-state index in [-0.39, 0.29) is 31.2 Å². The Labute approximate surface area is 137 Å². The molecule has 1 N–H and O–H groups in total. The van der Waals surface area contributed by atoms with E-state index in [1.54, 1.807) is 12.1 Å². The first kappa shape index (κ1) is 14.4. The quantitative estimate of drug-likeness (QED) is 0.752. The molecule has 1 saturated heterocycles. The second-order valence-corrected chi connectivity index (χ2v) is 5.73. The molecule has 6 heteroatoms. The van der Waals surface area contributed by atoms with Crippen LogP contribution >= 0.6 is 0 Å². The van der Waals surface area contributed by atoms with Crippen molar-refractivity contribution in [1.82, 2.24) is 4.90 Å². The summed E-state index contributed by atoms with van der Waals surface area (Å²) in [6.07, 6.45) is 0.359. The number of hydrogen-bond donors (Lipinski definition) is 1. The normalized spacial score (nSPS) is 14.8. The molecule has 0 bridgehead atoms. The number of furan rings is 1. The van der Waals surface area contributed by atoms with Crippen LogP contribution in [0.2, 0.25) is 0 Å². The van der Waals surface area contributed by atoms with Gasteiger partial charge in [0.05, 0.1) is 0 Å². The Morgan fingerprint density at radius 3 is 2.50 bits per heavy atom. The number of rotatable bonds is 3. The van der Waals surface area contributed by atoms with Gasteiger partial charge < -0.3 is 9.73 Å². The third-order valence-electron chi connectivity index (χ3n) is 4.12. The van der Waals surface area contributed by atoms with E-state index in [1.807, 2.05) is 30.3 Å². The van der Waals surface area contributed by atoms with E-state index in [4.69, 9.17) is 4.42 Å². The molecule has 4 rings (SSSR count). The number of anilines is 1. The van der Waals surface area contributed by atoms with Gasteiger partial charge in [0.15, 0.2) is 0 Å².